The van der Waals surface area contributed by atoms with E-state index < -0.39 is 37.6 Å². The van der Waals surface area contributed by atoms with Gasteiger partial charge >= 0.3 is 207 Å². The van der Waals surface area contributed by atoms with Gasteiger partial charge in [0.1, 0.15) is 12.4 Å². The first-order chi connectivity index (χ1) is 14.8. The predicted octanol–water partition coefficient (Wildman–Crippen LogP) is -9.47. The summed E-state index contributed by atoms with van der Waals surface area (Å²) in [5.41, 5.74) is 1.81. The fraction of sp³-hybridized carbons (Fsp3) is 0.136. The molecule has 34 heavy (non-hydrogen) atoms. The molecule has 0 bridgehead atoms. The van der Waals surface area contributed by atoms with E-state index >= 15 is 0 Å². The Labute approximate surface area is 377 Å². The van der Waals surface area contributed by atoms with Crippen LogP contribution in [-0.4, -0.2) is 37.6 Å². The summed E-state index contributed by atoms with van der Waals surface area (Å²) in [6, 6.07) is 18.2. The number of anilines is 1. The van der Waals surface area contributed by atoms with Crippen molar-refractivity contribution in [3.63, 3.8) is 0 Å². The van der Waals surface area contributed by atoms with E-state index in [9.17, 15) is 29.7 Å². The SMILES string of the molecule is O=C([O-])COc1cc(-c2ccc(-c3ccccc3)s2)ccc1N(CC(=O)[O-])CC(=O)[O-].[Cs+].[Cs+].[Cs+]. The number of ether oxygens (including phenoxy) is 1. The van der Waals surface area contributed by atoms with Crippen LogP contribution in [0, 0.1) is 0 Å². The average molecular weight is 837 g/mol. The topological polar surface area (TPSA) is 133 Å². The van der Waals surface area contributed by atoms with Crippen LogP contribution in [0.25, 0.3) is 20.9 Å². The zero-order chi connectivity index (χ0) is 22.4. The first-order valence-corrected chi connectivity index (χ1v) is 9.92. The van der Waals surface area contributed by atoms with Gasteiger partial charge < -0.3 is 39.3 Å². The molecule has 8 nitrogen and oxygen atoms in total. The van der Waals surface area contributed by atoms with Crippen molar-refractivity contribution in [2.75, 3.05) is 24.6 Å². The van der Waals surface area contributed by atoms with Gasteiger partial charge in [0.15, 0.2) is 0 Å². The molecule has 0 fully saturated rings. The van der Waals surface area contributed by atoms with Gasteiger partial charge in [-0.15, -0.1) is 11.3 Å². The zero-order valence-corrected chi connectivity index (χ0v) is 38.8. The molecule has 0 N–H and O–H groups in total. The molecule has 0 aliphatic rings. The van der Waals surface area contributed by atoms with Gasteiger partial charge in [-0.3, -0.25) is 0 Å². The van der Waals surface area contributed by atoms with E-state index in [4.69, 9.17) is 4.74 Å². The summed E-state index contributed by atoms with van der Waals surface area (Å²) in [5, 5.41) is 33.0. The summed E-state index contributed by atoms with van der Waals surface area (Å²) in [7, 11) is 0. The van der Waals surface area contributed by atoms with Crippen molar-refractivity contribution < 1.29 is 241 Å². The Morgan fingerprint density at radius 1 is 0.735 bits per heavy atom. The van der Waals surface area contributed by atoms with Gasteiger partial charge in [-0.25, -0.2) is 0 Å². The Bertz CT molecular complexity index is 1090. The van der Waals surface area contributed by atoms with Gasteiger partial charge in [0.2, 0.25) is 0 Å². The number of benzene rings is 2. The molecule has 0 aliphatic carbocycles. The van der Waals surface area contributed by atoms with Crippen LogP contribution in [0.3, 0.4) is 0 Å². The molecule has 3 aromatic rings. The third-order valence-corrected chi connectivity index (χ3v) is 5.42. The van der Waals surface area contributed by atoms with Crippen LogP contribution in [0.2, 0.25) is 0 Å². The quantitative estimate of drug-likeness (QED) is 0.197. The van der Waals surface area contributed by atoms with Crippen molar-refractivity contribution in [2.24, 2.45) is 0 Å². The number of carboxylic acids is 3. The Kier molecular flexibility index (Phi) is 19.8. The molecule has 1 heterocycles. The molecule has 0 unspecified atom stereocenters. The second-order valence-electron chi connectivity index (χ2n) is 6.47. The van der Waals surface area contributed by atoms with E-state index in [0.29, 0.717) is 5.56 Å². The molecular formula is C22H16Cs3NO7S. The number of rotatable bonds is 10. The number of hydrogen-bond donors (Lipinski definition) is 0. The summed E-state index contributed by atoms with van der Waals surface area (Å²) < 4.78 is 5.27. The zero-order valence-electron chi connectivity index (χ0n) is 19.1. The number of thiophene rings is 1. The van der Waals surface area contributed by atoms with E-state index in [0.717, 1.165) is 20.2 Å². The Hall–Kier alpha value is 2.31. The monoisotopic (exact) mass is 837 g/mol. The number of hydrogen-bond acceptors (Lipinski definition) is 9. The third-order valence-electron chi connectivity index (χ3n) is 4.23. The molecule has 3 rings (SSSR count). The van der Waals surface area contributed by atoms with Crippen molar-refractivity contribution in [3.8, 4) is 26.6 Å². The number of nitrogens with zero attached hydrogens (tertiary/aromatic N) is 1. The molecule has 2 aromatic carbocycles. The molecule has 1 aromatic heterocycles. The van der Waals surface area contributed by atoms with E-state index in [2.05, 4.69) is 0 Å². The van der Waals surface area contributed by atoms with Gasteiger partial charge in [-0.05, 0) is 35.4 Å². The molecule has 0 spiro atoms. The first-order valence-electron chi connectivity index (χ1n) is 9.10. The second-order valence-corrected chi connectivity index (χ2v) is 7.56. The standard InChI is InChI=1S/C22H19NO7S.3Cs/c24-20(25)11-23(12-21(26)27)16-7-6-15(10-17(16)30-13-22(28)29)19-9-8-18(31-19)14-4-2-1-3-5-14;;;/h1-10H,11-13H2,(H,24,25)(H,26,27)(H,28,29);;;/q;3*+1/p-3. The summed E-state index contributed by atoms with van der Waals surface area (Å²) >= 11 is 1.50. The van der Waals surface area contributed by atoms with Gasteiger partial charge in [0, 0.05) is 9.75 Å². The normalized spacial score (nSPS) is 9.53. The summed E-state index contributed by atoms with van der Waals surface area (Å²) in [4.78, 5) is 35.8. The van der Waals surface area contributed by atoms with Gasteiger partial charge in [0.25, 0.3) is 0 Å². The maximum atomic E-state index is 11.1. The Morgan fingerprint density at radius 3 is 1.82 bits per heavy atom. The second kappa shape index (κ2) is 18.6. The van der Waals surface area contributed by atoms with Crippen molar-refractivity contribution in [1.82, 2.24) is 0 Å². The van der Waals surface area contributed by atoms with Crippen LogP contribution in [-0.2, 0) is 14.4 Å². The first kappa shape index (κ1) is 36.3. The molecule has 12 heteroatoms. The van der Waals surface area contributed by atoms with Crippen LogP contribution in [0.15, 0.2) is 60.7 Å². The van der Waals surface area contributed by atoms with E-state index in [1.165, 1.54) is 23.5 Å². The maximum absolute atomic E-state index is 11.1. The van der Waals surface area contributed by atoms with Gasteiger partial charge in [-0.2, -0.15) is 0 Å². The third kappa shape index (κ3) is 11.6. The molecule has 0 atom stereocenters. The molecule has 0 radical (unpaired) electrons. The molecule has 0 aliphatic heterocycles. The fourth-order valence-corrected chi connectivity index (χ4v) is 3.98. The minimum atomic E-state index is -1.51. The van der Waals surface area contributed by atoms with Gasteiger partial charge in [0.05, 0.1) is 36.7 Å². The summed E-state index contributed by atoms with van der Waals surface area (Å²) in [5.74, 6) is -4.51. The molecule has 0 saturated heterocycles. The number of carbonyl (C=O) groups excluding carboxylic acids is 3. The van der Waals surface area contributed by atoms with Crippen molar-refractivity contribution in [2.45, 2.75) is 0 Å². The van der Waals surface area contributed by atoms with Crippen molar-refractivity contribution in [1.29, 1.82) is 0 Å². The maximum Gasteiger partial charge on any atom is 1.00 e. The molecular weight excluding hydrogens is 821 g/mol. The van der Waals surface area contributed by atoms with Crippen LogP contribution in [0.4, 0.5) is 5.69 Å². The van der Waals surface area contributed by atoms with E-state index in [-0.39, 0.29) is 218 Å². The minimum Gasteiger partial charge on any atom is -0.548 e. The molecule has 0 amide bonds. The van der Waals surface area contributed by atoms with Gasteiger partial charge in [-0.1, -0.05) is 36.4 Å². The molecule has 160 valence electrons. The Balaban J connectivity index is 0.00000363. The number of carbonyl (C=O) groups is 3. The fourth-order valence-electron chi connectivity index (χ4n) is 2.97. The summed E-state index contributed by atoms with van der Waals surface area (Å²) in [6.07, 6.45) is 0. The van der Waals surface area contributed by atoms with Crippen LogP contribution >= 0.6 is 11.3 Å². The minimum absolute atomic E-state index is 0. The van der Waals surface area contributed by atoms with Crippen LogP contribution < -0.4 is 232 Å². The molecule has 0 saturated carbocycles. The number of aliphatic carboxylic acids is 3. The Morgan fingerprint density at radius 2 is 1.29 bits per heavy atom. The van der Waals surface area contributed by atoms with Crippen molar-refractivity contribution in [3.05, 3.63) is 60.7 Å². The smallest absolute Gasteiger partial charge is 0.548 e. The number of carboxylic acid groups (broad SMARTS) is 3. The van der Waals surface area contributed by atoms with Crippen molar-refractivity contribution >= 4 is 34.9 Å². The largest absolute Gasteiger partial charge is 1.00 e. The van der Waals surface area contributed by atoms with Crippen LogP contribution in [0.5, 0.6) is 5.75 Å². The average Bonchev–Trinajstić information content (AvgIpc) is 3.22. The summed E-state index contributed by atoms with van der Waals surface area (Å²) in [6.45, 7) is -2.28. The van der Waals surface area contributed by atoms with E-state index in [1.54, 1.807) is 6.07 Å². The van der Waals surface area contributed by atoms with E-state index in [1.807, 2.05) is 42.5 Å². The predicted molar refractivity (Wildman–Crippen MR) is 108 cm³/mol. The van der Waals surface area contributed by atoms with Crippen LogP contribution in [0.1, 0.15) is 0 Å².